The van der Waals surface area contributed by atoms with Gasteiger partial charge in [0.1, 0.15) is 11.1 Å². The monoisotopic (exact) mass is 413 g/mol. The third kappa shape index (κ3) is 3.81. The second kappa shape index (κ2) is 7.54. The number of carbonyl (C=O) groups excluding carboxylic acids is 2. The highest BCUT2D eigenvalue weighted by atomic mass is 16.2. The number of aromatic nitrogens is 1. The predicted octanol–water partition coefficient (Wildman–Crippen LogP) is 3.75. The summed E-state index contributed by atoms with van der Waals surface area (Å²) < 4.78 is 1.96. The SMILES string of the molecule is CCNC(=O)c1cn(C2CCCC2)cc(C(=O)N2C[C@@]3(C)C[C@@H]2CC(C)(C)C3)c1=O. The molecule has 3 aliphatic rings. The Hall–Kier alpha value is -2.11. The van der Waals surface area contributed by atoms with Gasteiger partial charge in [-0.1, -0.05) is 33.6 Å². The maximum Gasteiger partial charge on any atom is 0.259 e. The maximum absolute atomic E-state index is 13.6. The van der Waals surface area contributed by atoms with Gasteiger partial charge in [-0.05, 0) is 49.9 Å². The summed E-state index contributed by atoms with van der Waals surface area (Å²) in [5.41, 5.74) is 0.0950. The smallest absolute Gasteiger partial charge is 0.259 e. The van der Waals surface area contributed by atoms with E-state index in [9.17, 15) is 14.4 Å². The van der Waals surface area contributed by atoms with Crippen molar-refractivity contribution in [3.63, 3.8) is 0 Å². The van der Waals surface area contributed by atoms with Crippen LogP contribution >= 0.6 is 0 Å². The van der Waals surface area contributed by atoms with Crippen LogP contribution < -0.4 is 10.7 Å². The van der Waals surface area contributed by atoms with Crippen molar-refractivity contribution < 1.29 is 9.59 Å². The standard InChI is InChI=1S/C24H35N3O3/c1-5-25-21(29)18-12-26(16-8-6-7-9-16)13-19(20(18)28)22(30)27-15-24(4)11-17(27)10-23(2,3)14-24/h12-13,16-17H,5-11,14-15H2,1-4H3,(H,25,29)/t17-,24-/m0/s1. The molecule has 0 unspecified atom stereocenters. The number of hydrogen-bond donors (Lipinski definition) is 1. The molecule has 1 aromatic rings. The van der Waals surface area contributed by atoms with Crippen molar-refractivity contribution in [2.75, 3.05) is 13.1 Å². The molecule has 6 heteroatoms. The number of rotatable bonds is 4. The first-order valence-electron chi connectivity index (χ1n) is 11.5. The Morgan fingerprint density at radius 3 is 2.40 bits per heavy atom. The summed E-state index contributed by atoms with van der Waals surface area (Å²) in [5.74, 6) is -0.596. The molecular weight excluding hydrogens is 378 g/mol. The molecule has 1 aliphatic heterocycles. The highest BCUT2D eigenvalue weighted by Gasteiger charge is 2.51. The van der Waals surface area contributed by atoms with Crippen molar-refractivity contribution in [1.29, 1.82) is 0 Å². The number of fused-ring (bicyclic) bond motifs is 2. The highest BCUT2D eigenvalue weighted by Crippen LogP contribution is 2.52. The van der Waals surface area contributed by atoms with E-state index in [1.165, 1.54) is 0 Å². The van der Waals surface area contributed by atoms with Crippen molar-refractivity contribution in [1.82, 2.24) is 14.8 Å². The van der Waals surface area contributed by atoms with E-state index in [1.54, 1.807) is 12.4 Å². The minimum absolute atomic E-state index is 0.0864. The summed E-state index contributed by atoms with van der Waals surface area (Å²) >= 11 is 0. The second-order valence-electron chi connectivity index (χ2n) is 10.8. The Bertz CT molecular complexity index is 913. The lowest BCUT2D eigenvalue weighted by molar-refractivity contribution is 0.0706. The molecule has 2 amide bonds. The van der Waals surface area contributed by atoms with E-state index in [2.05, 4.69) is 26.1 Å². The number of nitrogens with zero attached hydrogens (tertiary/aromatic N) is 2. The average Bonchev–Trinajstić information content (AvgIpc) is 3.27. The molecular formula is C24H35N3O3. The first-order chi connectivity index (χ1) is 14.1. The number of pyridine rings is 1. The van der Waals surface area contributed by atoms with Crippen LogP contribution in [0.2, 0.25) is 0 Å². The molecule has 1 N–H and O–H groups in total. The van der Waals surface area contributed by atoms with Crippen LogP contribution in [0.1, 0.15) is 99.4 Å². The molecule has 6 nitrogen and oxygen atoms in total. The van der Waals surface area contributed by atoms with E-state index in [0.29, 0.717) is 13.1 Å². The van der Waals surface area contributed by atoms with Crippen LogP contribution in [0.4, 0.5) is 0 Å². The lowest BCUT2D eigenvalue weighted by atomic mass is 9.65. The molecule has 2 saturated carbocycles. The normalized spacial score (nSPS) is 28.0. The molecule has 30 heavy (non-hydrogen) atoms. The lowest BCUT2D eigenvalue weighted by Gasteiger charge is -2.39. The van der Waals surface area contributed by atoms with Crippen LogP contribution in [-0.2, 0) is 0 Å². The van der Waals surface area contributed by atoms with Crippen LogP contribution in [0.3, 0.4) is 0 Å². The van der Waals surface area contributed by atoms with Crippen molar-refractivity contribution >= 4 is 11.8 Å². The van der Waals surface area contributed by atoms with Gasteiger partial charge in [-0.15, -0.1) is 0 Å². The zero-order chi connectivity index (χ0) is 21.7. The van der Waals surface area contributed by atoms with Crippen molar-refractivity contribution in [3.05, 3.63) is 33.7 Å². The quantitative estimate of drug-likeness (QED) is 0.817. The Kier molecular flexibility index (Phi) is 5.31. The Balaban J connectivity index is 1.73. The minimum Gasteiger partial charge on any atom is -0.352 e. The summed E-state index contributed by atoms with van der Waals surface area (Å²) in [5, 5.41) is 2.73. The van der Waals surface area contributed by atoms with E-state index in [1.807, 2.05) is 16.4 Å². The number of nitrogens with one attached hydrogen (secondary N) is 1. The molecule has 0 spiro atoms. The fraction of sp³-hybridized carbons (Fsp3) is 0.708. The summed E-state index contributed by atoms with van der Waals surface area (Å²) in [4.78, 5) is 41.4. The lowest BCUT2D eigenvalue weighted by Crippen LogP contribution is -2.41. The van der Waals surface area contributed by atoms with Gasteiger partial charge in [0.15, 0.2) is 0 Å². The van der Waals surface area contributed by atoms with Gasteiger partial charge >= 0.3 is 0 Å². The van der Waals surface area contributed by atoms with Gasteiger partial charge in [0.05, 0.1) is 0 Å². The molecule has 164 valence electrons. The van der Waals surface area contributed by atoms with E-state index in [0.717, 1.165) is 44.9 Å². The van der Waals surface area contributed by atoms with Crippen molar-refractivity contribution in [2.45, 2.75) is 84.7 Å². The van der Waals surface area contributed by atoms with Crippen LogP contribution in [0.5, 0.6) is 0 Å². The average molecular weight is 414 g/mol. The van der Waals surface area contributed by atoms with Gasteiger partial charge in [-0.3, -0.25) is 14.4 Å². The Morgan fingerprint density at radius 1 is 1.07 bits per heavy atom. The molecule has 2 heterocycles. The molecule has 4 rings (SSSR count). The molecule has 1 aromatic heterocycles. The van der Waals surface area contributed by atoms with Crippen LogP contribution in [0.25, 0.3) is 0 Å². The number of amides is 2. The zero-order valence-corrected chi connectivity index (χ0v) is 18.8. The molecule has 2 aliphatic carbocycles. The zero-order valence-electron chi connectivity index (χ0n) is 18.8. The number of hydrogen-bond acceptors (Lipinski definition) is 3. The molecule has 0 radical (unpaired) electrons. The van der Waals surface area contributed by atoms with E-state index in [-0.39, 0.29) is 39.9 Å². The Morgan fingerprint density at radius 2 is 1.73 bits per heavy atom. The first-order valence-corrected chi connectivity index (χ1v) is 11.5. The van der Waals surface area contributed by atoms with Gasteiger partial charge in [0.2, 0.25) is 5.43 Å². The topological polar surface area (TPSA) is 71.4 Å². The highest BCUT2D eigenvalue weighted by molar-refractivity contribution is 5.99. The molecule has 2 atom stereocenters. The fourth-order valence-corrected chi connectivity index (χ4v) is 6.43. The fourth-order valence-electron chi connectivity index (χ4n) is 6.43. The second-order valence-corrected chi connectivity index (χ2v) is 10.8. The molecule has 1 saturated heterocycles. The summed E-state index contributed by atoms with van der Waals surface area (Å²) in [6, 6.07) is 0.415. The summed E-state index contributed by atoms with van der Waals surface area (Å²) in [7, 11) is 0. The first kappa shape index (κ1) is 21.1. The summed E-state index contributed by atoms with van der Waals surface area (Å²) in [6.07, 6.45) is 10.7. The summed E-state index contributed by atoms with van der Waals surface area (Å²) in [6.45, 7) is 9.77. The van der Waals surface area contributed by atoms with Crippen LogP contribution in [0, 0.1) is 10.8 Å². The largest absolute Gasteiger partial charge is 0.352 e. The third-order valence-electron chi connectivity index (χ3n) is 7.28. The van der Waals surface area contributed by atoms with Gasteiger partial charge in [0.25, 0.3) is 11.8 Å². The van der Waals surface area contributed by atoms with E-state index in [4.69, 9.17) is 0 Å². The third-order valence-corrected chi connectivity index (χ3v) is 7.28. The number of likely N-dealkylation sites (tertiary alicyclic amines) is 1. The van der Waals surface area contributed by atoms with Gasteiger partial charge in [0, 0.05) is 37.6 Å². The van der Waals surface area contributed by atoms with Gasteiger partial charge in [-0.25, -0.2) is 0 Å². The molecule has 0 aromatic carbocycles. The molecule has 3 fully saturated rings. The van der Waals surface area contributed by atoms with Crippen LogP contribution in [-0.4, -0.2) is 40.4 Å². The molecule has 2 bridgehead atoms. The van der Waals surface area contributed by atoms with Crippen molar-refractivity contribution in [3.8, 4) is 0 Å². The minimum atomic E-state index is -0.439. The van der Waals surface area contributed by atoms with Gasteiger partial charge in [-0.2, -0.15) is 0 Å². The number of carbonyl (C=O) groups is 2. The van der Waals surface area contributed by atoms with E-state index >= 15 is 0 Å². The Labute approximate surface area is 179 Å². The maximum atomic E-state index is 13.6. The van der Waals surface area contributed by atoms with Crippen LogP contribution in [0.15, 0.2) is 17.2 Å². The van der Waals surface area contributed by atoms with Crippen molar-refractivity contribution in [2.24, 2.45) is 10.8 Å². The predicted molar refractivity (Wildman–Crippen MR) is 117 cm³/mol. The van der Waals surface area contributed by atoms with E-state index < -0.39 is 11.3 Å². The van der Waals surface area contributed by atoms with Gasteiger partial charge < -0.3 is 14.8 Å².